The molecule has 0 bridgehead atoms. The van der Waals surface area contributed by atoms with E-state index in [4.69, 9.17) is 4.74 Å². The number of ether oxygens (including phenoxy) is 1. The average molecular weight is 418 g/mol. The number of aromatic nitrogens is 1. The minimum atomic E-state index is -0.489. The molecule has 9 heteroatoms. The third-order valence-electron chi connectivity index (χ3n) is 3.63. The number of amides is 1. The Morgan fingerprint density at radius 2 is 2.19 bits per heavy atom. The monoisotopic (exact) mass is 417 g/mol. The molecule has 3 aromatic heterocycles. The van der Waals surface area contributed by atoms with E-state index in [0.29, 0.717) is 21.1 Å². The summed E-state index contributed by atoms with van der Waals surface area (Å²) in [5.41, 5.74) is 2.51. The third kappa shape index (κ3) is 4.24. The van der Waals surface area contributed by atoms with Gasteiger partial charge in [0, 0.05) is 16.3 Å². The van der Waals surface area contributed by atoms with Crippen molar-refractivity contribution in [2.24, 2.45) is 0 Å². The molecule has 27 heavy (non-hydrogen) atoms. The van der Waals surface area contributed by atoms with Crippen molar-refractivity contribution in [1.82, 2.24) is 4.98 Å². The lowest BCUT2D eigenvalue weighted by molar-refractivity contribution is -0.115. The predicted molar refractivity (Wildman–Crippen MR) is 107 cm³/mol. The third-order valence-corrected chi connectivity index (χ3v) is 6.44. The van der Waals surface area contributed by atoms with Crippen molar-refractivity contribution in [3.05, 3.63) is 43.9 Å². The summed E-state index contributed by atoms with van der Waals surface area (Å²) in [5.74, 6) is -0.776. The second kappa shape index (κ2) is 8.43. The lowest BCUT2D eigenvalue weighted by Crippen LogP contribution is -2.14. The van der Waals surface area contributed by atoms with Crippen molar-refractivity contribution in [1.29, 1.82) is 5.26 Å². The van der Waals surface area contributed by atoms with Crippen molar-refractivity contribution in [3.8, 4) is 16.6 Å². The van der Waals surface area contributed by atoms with Gasteiger partial charge in [-0.1, -0.05) is 0 Å². The first kappa shape index (κ1) is 19.2. The summed E-state index contributed by atoms with van der Waals surface area (Å²) < 4.78 is 5.00. The van der Waals surface area contributed by atoms with Crippen LogP contribution in [0.5, 0.6) is 0 Å². The molecule has 0 aliphatic carbocycles. The second-order valence-corrected chi connectivity index (χ2v) is 8.13. The zero-order valence-corrected chi connectivity index (χ0v) is 17.0. The van der Waals surface area contributed by atoms with Gasteiger partial charge in [-0.05, 0) is 30.9 Å². The van der Waals surface area contributed by atoms with Crippen LogP contribution < -0.4 is 5.32 Å². The van der Waals surface area contributed by atoms with Crippen LogP contribution in [0.1, 0.15) is 33.4 Å². The van der Waals surface area contributed by atoms with Crippen molar-refractivity contribution in [2.45, 2.75) is 20.3 Å². The fourth-order valence-corrected chi connectivity index (χ4v) is 4.97. The van der Waals surface area contributed by atoms with E-state index in [1.54, 1.807) is 25.2 Å². The average Bonchev–Trinajstić information content (AvgIpc) is 3.35. The Hall–Kier alpha value is -2.54. The number of hydrogen-bond donors (Lipinski definition) is 1. The molecule has 6 nitrogen and oxygen atoms in total. The molecule has 0 saturated heterocycles. The Kier molecular flexibility index (Phi) is 6.01. The summed E-state index contributed by atoms with van der Waals surface area (Å²) >= 11 is 4.13. The Bertz CT molecular complexity index is 1010. The number of thiophene rings is 2. The molecule has 1 amide bonds. The zero-order chi connectivity index (χ0) is 19.4. The molecule has 0 fully saturated rings. The van der Waals surface area contributed by atoms with Gasteiger partial charge < -0.3 is 10.1 Å². The van der Waals surface area contributed by atoms with Crippen LogP contribution in [-0.2, 0) is 16.0 Å². The smallest absolute Gasteiger partial charge is 0.348 e. The largest absolute Gasteiger partial charge is 0.462 e. The number of carbonyl (C=O) groups excluding carboxylic acids is 2. The maximum absolute atomic E-state index is 12.4. The fraction of sp³-hybridized carbons (Fsp3) is 0.222. The van der Waals surface area contributed by atoms with Crippen LogP contribution in [-0.4, -0.2) is 23.5 Å². The van der Waals surface area contributed by atoms with Crippen LogP contribution in [0.25, 0.3) is 10.6 Å². The van der Waals surface area contributed by atoms with Crippen molar-refractivity contribution in [2.75, 3.05) is 11.9 Å². The van der Waals surface area contributed by atoms with E-state index in [0.717, 1.165) is 21.9 Å². The van der Waals surface area contributed by atoms with E-state index in [2.05, 4.69) is 10.3 Å². The highest BCUT2D eigenvalue weighted by Crippen LogP contribution is 2.33. The van der Waals surface area contributed by atoms with Crippen molar-refractivity contribution in [3.63, 3.8) is 0 Å². The highest BCUT2D eigenvalue weighted by Gasteiger charge is 2.22. The molecule has 0 aromatic carbocycles. The standard InChI is InChI=1S/C18H15N3O3S3/c1-3-24-18(23)15-10(2)13(7-19)17(27-15)21-14(22)6-12-9-26-16(20-12)11-4-5-25-8-11/h4-5,8-9H,3,6H2,1-2H3,(H,21,22). The molecule has 0 atom stereocenters. The van der Waals surface area contributed by atoms with Crippen molar-refractivity contribution >= 4 is 50.9 Å². The maximum atomic E-state index is 12.4. The number of rotatable bonds is 6. The van der Waals surface area contributed by atoms with Gasteiger partial charge in [-0.15, -0.1) is 22.7 Å². The quantitative estimate of drug-likeness (QED) is 0.597. The minimum absolute atomic E-state index is 0.0944. The van der Waals surface area contributed by atoms with Gasteiger partial charge in [0.25, 0.3) is 0 Å². The number of carbonyl (C=O) groups is 2. The van der Waals surface area contributed by atoms with Gasteiger partial charge in [0.15, 0.2) is 0 Å². The summed E-state index contributed by atoms with van der Waals surface area (Å²) in [6, 6.07) is 4.03. The predicted octanol–water partition coefficient (Wildman–Crippen LogP) is 4.47. The summed E-state index contributed by atoms with van der Waals surface area (Å²) in [5, 5.41) is 19.2. The highest BCUT2D eigenvalue weighted by molar-refractivity contribution is 7.18. The molecule has 0 aliphatic heterocycles. The highest BCUT2D eigenvalue weighted by atomic mass is 32.1. The van der Waals surface area contributed by atoms with Gasteiger partial charge in [0.2, 0.25) is 5.91 Å². The van der Waals surface area contributed by atoms with Gasteiger partial charge >= 0.3 is 5.97 Å². The van der Waals surface area contributed by atoms with Gasteiger partial charge in [-0.3, -0.25) is 4.79 Å². The zero-order valence-electron chi connectivity index (χ0n) is 14.6. The van der Waals surface area contributed by atoms with Gasteiger partial charge in [0.05, 0.1) is 24.3 Å². The topological polar surface area (TPSA) is 92.1 Å². The summed E-state index contributed by atoms with van der Waals surface area (Å²) in [4.78, 5) is 29.2. The van der Waals surface area contributed by atoms with Gasteiger partial charge in [-0.2, -0.15) is 16.6 Å². The summed E-state index contributed by atoms with van der Waals surface area (Å²) in [7, 11) is 0. The van der Waals surface area contributed by atoms with Crippen LogP contribution in [0, 0.1) is 18.3 Å². The first-order valence-corrected chi connectivity index (χ1v) is 10.6. The molecule has 3 rings (SSSR count). The maximum Gasteiger partial charge on any atom is 0.348 e. The van der Waals surface area contributed by atoms with E-state index in [9.17, 15) is 14.9 Å². The minimum Gasteiger partial charge on any atom is -0.462 e. The summed E-state index contributed by atoms with van der Waals surface area (Å²) in [6.45, 7) is 3.63. The van der Waals surface area contributed by atoms with Crippen LogP contribution in [0.3, 0.4) is 0 Å². The van der Waals surface area contributed by atoms with E-state index in [1.165, 1.54) is 11.3 Å². The number of nitriles is 1. The van der Waals surface area contributed by atoms with Crippen LogP contribution in [0.4, 0.5) is 5.00 Å². The molecule has 0 aliphatic rings. The van der Waals surface area contributed by atoms with Gasteiger partial charge in [0.1, 0.15) is 21.0 Å². The molecular formula is C18H15N3O3S3. The van der Waals surface area contributed by atoms with Crippen LogP contribution in [0.15, 0.2) is 22.2 Å². The van der Waals surface area contributed by atoms with Crippen LogP contribution in [0.2, 0.25) is 0 Å². The van der Waals surface area contributed by atoms with E-state index in [-0.39, 0.29) is 24.5 Å². The second-order valence-electron chi connectivity index (χ2n) is 5.47. The molecule has 0 radical (unpaired) electrons. The molecule has 0 spiro atoms. The van der Waals surface area contributed by atoms with Crippen molar-refractivity contribution < 1.29 is 14.3 Å². The summed E-state index contributed by atoms with van der Waals surface area (Å²) in [6.07, 6.45) is 0.0944. The Morgan fingerprint density at radius 3 is 2.85 bits per heavy atom. The lowest BCUT2D eigenvalue weighted by Gasteiger charge is -2.01. The Morgan fingerprint density at radius 1 is 1.37 bits per heavy atom. The molecule has 0 unspecified atom stereocenters. The lowest BCUT2D eigenvalue weighted by atomic mass is 10.1. The number of hydrogen-bond acceptors (Lipinski definition) is 8. The number of nitrogens with one attached hydrogen (secondary N) is 1. The number of nitrogens with zero attached hydrogens (tertiary/aromatic N) is 2. The first-order chi connectivity index (χ1) is 13.0. The van der Waals surface area contributed by atoms with E-state index >= 15 is 0 Å². The normalized spacial score (nSPS) is 10.4. The molecule has 3 aromatic rings. The number of esters is 1. The van der Waals surface area contributed by atoms with Crippen LogP contribution >= 0.6 is 34.0 Å². The SMILES string of the molecule is CCOC(=O)c1sc(NC(=O)Cc2csc(-c3ccsc3)n2)c(C#N)c1C. The molecule has 138 valence electrons. The number of anilines is 1. The van der Waals surface area contributed by atoms with E-state index in [1.807, 2.05) is 28.3 Å². The molecule has 0 saturated carbocycles. The number of thiazole rings is 1. The van der Waals surface area contributed by atoms with Gasteiger partial charge in [-0.25, -0.2) is 9.78 Å². The Balaban J connectivity index is 1.73. The fourth-order valence-electron chi connectivity index (χ4n) is 2.37. The molecule has 3 heterocycles. The molecule has 1 N–H and O–H groups in total. The first-order valence-electron chi connectivity index (χ1n) is 8.00. The van der Waals surface area contributed by atoms with E-state index < -0.39 is 5.97 Å². The molecular weight excluding hydrogens is 402 g/mol. The Labute approximate surface area is 168 Å².